The molecule has 3 N–H and O–H groups in total. The van der Waals surface area contributed by atoms with Crippen molar-refractivity contribution in [2.45, 2.75) is 23.8 Å². The first-order valence-corrected chi connectivity index (χ1v) is 11.4. The summed E-state index contributed by atoms with van der Waals surface area (Å²) in [6, 6.07) is 13.2. The van der Waals surface area contributed by atoms with E-state index in [0.717, 1.165) is 0 Å². The van der Waals surface area contributed by atoms with E-state index in [2.05, 4.69) is 15.4 Å². The van der Waals surface area contributed by atoms with Crippen molar-refractivity contribution < 1.29 is 22.7 Å². The first kappa shape index (κ1) is 22.6. The number of hydrogen-bond acceptors (Lipinski definition) is 5. The van der Waals surface area contributed by atoms with Crippen LogP contribution < -0.4 is 20.1 Å². The van der Waals surface area contributed by atoms with Crippen molar-refractivity contribution in [3.63, 3.8) is 0 Å². The van der Waals surface area contributed by atoms with Crippen molar-refractivity contribution in [3.05, 3.63) is 54.1 Å². The Morgan fingerprint density at radius 2 is 1.74 bits per heavy atom. The number of anilines is 1. The van der Waals surface area contributed by atoms with Crippen molar-refractivity contribution in [3.8, 4) is 5.75 Å². The van der Waals surface area contributed by atoms with Crippen LogP contribution in [-0.4, -0.2) is 58.5 Å². The predicted octanol–water partition coefficient (Wildman–Crippen LogP) is 2.03. The van der Waals surface area contributed by atoms with Gasteiger partial charge in [-0.2, -0.15) is 0 Å². The number of nitrogens with one attached hydrogen (secondary N) is 3. The summed E-state index contributed by atoms with van der Waals surface area (Å²) in [5.74, 6) is -0.0966. The lowest BCUT2D eigenvalue weighted by Gasteiger charge is -2.32. The molecule has 1 heterocycles. The van der Waals surface area contributed by atoms with Crippen LogP contribution in [-0.2, 0) is 10.0 Å². The number of hydrogen-bond donors (Lipinski definition) is 3. The Bertz CT molecular complexity index is 1030. The van der Waals surface area contributed by atoms with Crippen LogP contribution in [0.25, 0.3) is 0 Å². The first-order valence-electron chi connectivity index (χ1n) is 9.87. The normalized spacial score (nSPS) is 14.7. The van der Waals surface area contributed by atoms with Crippen LogP contribution in [0.1, 0.15) is 23.2 Å². The van der Waals surface area contributed by atoms with Crippen molar-refractivity contribution in [2.24, 2.45) is 0 Å². The van der Waals surface area contributed by atoms with E-state index in [9.17, 15) is 18.0 Å². The zero-order chi connectivity index (χ0) is 22.4. The summed E-state index contributed by atoms with van der Waals surface area (Å²) in [6.07, 6.45) is 1.21. The van der Waals surface area contributed by atoms with Gasteiger partial charge in [0.1, 0.15) is 10.6 Å². The van der Waals surface area contributed by atoms with E-state index in [-0.39, 0.29) is 34.2 Å². The van der Waals surface area contributed by atoms with Gasteiger partial charge in [0, 0.05) is 30.4 Å². The van der Waals surface area contributed by atoms with Crippen LogP contribution in [0.3, 0.4) is 0 Å². The number of amides is 3. The molecule has 0 aromatic heterocycles. The second-order valence-corrected chi connectivity index (χ2v) is 8.96. The maximum absolute atomic E-state index is 12.9. The molecule has 166 valence electrons. The summed E-state index contributed by atoms with van der Waals surface area (Å²) >= 11 is 0. The Labute approximate surface area is 181 Å². The fourth-order valence-electron chi connectivity index (χ4n) is 3.41. The van der Waals surface area contributed by atoms with Crippen molar-refractivity contribution in [2.75, 3.05) is 32.6 Å². The monoisotopic (exact) mass is 446 g/mol. The lowest BCUT2D eigenvalue weighted by Crippen LogP contribution is -2.47. The highest BCUT2D eigenvalue weighted by atomic mass is 32.2. The molecular formula is C21H26N4O5S. The molecule has 2 aromatic carbocycles. The maximum Gasteiger partial charge on any atom is 0.319 e. The molecule has 1 aliphatic heterocycles. The molecule has 0 unspecified atom stereocenters. The maximum atomic E-state index is 12.9. The van der Waals surface area contributed by atoms with Gasteiger partial charge in [-0.15, -0.1) is 0 Å². The summed E-state index contributed by atoms with van der Waals surface area (Å²) in [5.41, 5.74) is 0.974. The Hall–Kier alpha value is -3.11. The van der Waals surface area contributed by atoms with E-state index < -0.39 is 10.0 Å². The van der Waals surface area contributed by atoms with Gasteiger partial charge in [0.15, 0.2) is 0 Å². The fourth-order valence-corrected chi connectivity index (χ4v) is 4.33. The van der Waals surface area contributed by atoms with Crippen molar-refractivity contribution in [1.29, 1.82) is 0 Å². The molecule has 1 aliphatic rings. The van der Waals surface area contributed by atoms with Gasteiger partial charge in [0.05, 0.1) is 7.11 Å². The van der Waals surface area contributed by atoms with E-state index in [0.29, 0.717) is 31.6 Å². The topological polar surface area (TPSA) is 117 Å². The smallest absolute Gasteiger partial charge is 0.319 e. The minimum atomic E-state index is -3.78. The van der Waals surface area contributed by atoms with Gasteiger partial charge in [0.2, 0.25) is 10.0 Å². The standard InChI is InChI=1S/C21H26N4O5S/c1-22-31(28,29)19-14-15(8-9-18(19)30-2)20(26)25-12-10-17(11-13-25)24-21(27)23-16-6-4-3-5-7-16/h3-9,14,17,22H,10-13H2,1-2H3,(H2,23,24,27). The Morgan fingerprint density at radius 1 is 1.06 bits per heavy atom. The number of para-hydroxylation sites is 1. The largest absolute Gasteiger partial charge is 0.495 e. The summed E-state index contributed by atoms with van der Waals surface area (Å²) in [4.78, 5) is 26.6. The molecule has 0 saturated carbocycles. The number of piperidine rings is 1. The second-order valence-electron chi connectivity index (χ2n) is 7.10. The summed E-state index contributed by atoms with van der Waals surface area (Å²) in [7, 11) is -1.10. The van der Waals surface area contributed by atoms with Crippen molar-refractivity contribution >= 4 is 27.6 Å². The third kappa shape index (κ3) is 5.53. The zero-order valence-corrected chi connectivity index (χ0v) is 18.2. The SMILES string of the molecule is CNS(=O)(=O)c1cc(C(=O)N2CCC(NC(=O)Nc3ccccc3)CC2)ccc1OC. The van der Waals surface area contributed by atoms with Crippen LogP contribution in [0.15, 0.2) is 53.4 Å². The zero-order valence-electron chi connectivity index (χ0n) is 17.4. The molecule has 10 heteroatoms. The number of benzene rings is 2. The van der Waals surface area contributed by atoms with Crippen LogP contribution in [0.5, 0.6) is 5.75 Å². The van der Waals surface area contributed by atoms with E-state index in [4.69, 9.17) is 4.74 Å². The summed E-state index contributed by atoms with van der Waals surface area (Å²) in [5, 5.41) is 5.71. The number of rotatable bonds is 6. The number of methoxy groups -OCH3 is 1. The molecule has 9 nitrogen and oxygen atoms in total. The molecule has 31 heavy (non-hydrogen) atoms. The van der Waals surface area contributed by atoms with Gasteiger partial charge >= 0.3 is 6.03 Å². The third-order valence-electron chi connectivity index (χ3n) is 5.12. The molecule has 2 aromatic rings. The highest BCUT2D eigenvalue weighted by Crippen LogP contribution is 2.26. The molecule has 0 atom stereocenters. The van der Waals surface area contributed by atoms with Crippen LogP contribution in [0, 0.1) is 0 Å². The summed E-state index contributed by atoms with van der Waals surface area (Å²) < 4.78 is 31.9. The van der Waals surface area contributed by atoms with E-state index in [1.54, 1.807) is 23.1 Å². The molecule has 0 spiro atoms. The molecule has 1 saturated heterocycles. The molecule has 0 radical (unpaired) electrons. The molecular weight excluding hydrogens is 420 g/mol. The minimum Gasteiger partial charge on any atom is -0.495 e. The molecule has 0 bridgehead atoms. The number of carbonyl (C=O) groups is 2. The lowest BCUT2D eigenvalue weighted by molar-refractivity contribution is 0.0708. The third-order valence-corrected chi connectivity index (χ3v) is 6.55. The Balaban J connectivity index is 1.60. The number of carbonyl (C=O) groups excluding carboxylic acids is 2. The quantitative estimate of drug-likeness (QED) is 0.628. The second kappa shape index (κ2) is 9.80. The number of nitrogens with zero attached hydrogens (tertiary/aromatic N) is 1. The number of sulfonamides is 1. The highest BCUT2D eigenvalue weighted by Gasteiger charge is 2.26. The Morgan fingerprint density at radius 3 is 2.35 bits per heavy atom. The van der Waals surface area contributed by atoms with Gasteiger partial charge in [0.25, 0.3) is 5.91 Å². The van der Waals surface area contributed by atoms with Crippen LogP contribution in [0.4, 0.5) is 10.5 Å². The van der Waals surface area contributed by atoms with Crippen molar-refractivity contribution in [1.82, 2.24) is 14.9 Å². The van der Waals surface area contributed by atoms with Gasteiger partial charge in [-0.25, -0.2) is 17.9 Å². The van der Waals surface area contributed by atoms with E-state index in [1.165, 1.54) is 26.3 Å². The summed E-state index contributed by atoms with van der Waals surface area (Å²) in [6.45, 7) is 0.907. The fraction of sp³-hybridized carbons (Fsp3) is 0.333. The van der Waals surface area contributed by atoms with E-state index >= 15 is 0 Å². The number of likely N-dealkylation sites (tertiary alicyclic amines) is 1. The molecule has 3 rings (SSSR count). The average molecular weight is 447 g/mol. The number of ether oxygens (including phenoxy) is 1. The van der Waals surface area contributed by atoms with E-state index in [1.807, 2.05) is 18.2 Å². The molecule has 0 aliphatic carbocycles. The first-order chi connectivity index (χ1) is 14.8. The number of urea groups is 1. The van der Waals surface area contributed by atoms with Gasteiger partial charge in [-0.05, 0) is 50.2 Å². The highest BCUT2D eigenvalue weighted by molar-refractivity contribution is 7.89. The van der Waals surface area contributed by atoms with Crippen LogP contribution in [0.2, 0.25) is 0 Å². The molecule has 3 amide bonds. The molecule has 1 fully saturated rings. The average Bonchev–Trinajstić information content (AvgIpc) is 2.79. The predicted molar refractivity (Wildman–Crippen MR) is 117 cm³/mol. The van der Waals surface area contributed by atoms with Gasteiger partial charge in [-0.3, -0.25) is 4.79 Å². The van der Waals surface area contributed by atoms with Gasteiger partial charge < -0.3 is 20.3 Å². The minimum absolute atomic E-state index is 0.0520. The lowest BCUT2D eigenvalue weighted by atomic mass is 10.0. The Kier molecular flexibility index (Phi) is 7.13. The van der Waals surface area contributed by atoms with Crippen LogP contribution >= 0.6 is 0 Å². The van der Waals surface area contributed by atoms with Gasteiger partial charge in [-0.1, -0.05) is 18.2 Å².